The highest BCUT2D eigenvalue weighted by Gasteiger charge is 2.34. The van der Waals surface area contributed by atoms with Crippen LogP contribution in [0.4, 0.5) is 0 Å². The Hall–Kier alpha value is -3.59. The quantitative estimate of drug-likeness (QED) is 0.654. The SMILES string of the molecule is CC(=O)n1ccnc1.O=C(c1ccccn1)N1CC(Oc2ncccc2C2CCCNC2)C1. The molecule has 1 amide bonds. The normalized spacial score (nSPS) is 18.0. The topological polar surface area (TPSA) is 102 Å². The number of ether oxygens (including phenoxy) is 1. The molecule has 1 unspecified atom stereocenters. The predicted molar refractivity (Wildman–Crippen MR) is 122 cm³/mol. The monoisotopic (exact) mass is 448 g/mol. The molecule has 2 saturated heterocycles. The van der Waals surface area contributed by atoms with Gasteiger partial charge in [-0.1, -0.05) is 12.1 Å². The molecular weight excluding hydrogens is 420 g/mol. The number of amides is 1. The Bertz CT molecular complexity index is 1050. The Labute approximate surface area is 192 Å². The lowest BCUT2D eigenvalue weighted by Crippen LogP contribution is -2.56. The number of pyridine rings is 2. The Kier molecular flexibility index (Phi) is 7.41. The molecule has 1 atom stereocenters. The van der Waals surface area contributed by atoms with Crippen LogP contribution in [0.1, 0.15) is 46.5 Å². The van der Waals surface area contributed by atoms with Crippen molar-refractivity contribution in [2.45, 2.75) is 31.8 Å². The second-order valence-electron chi connectivity index (χ2n) is 8.10. The first-order valence-electron chi connectivity index (χ1n) is 11.1. The Morgan fingerprint density at radius 1 is 1.09 bits per heavy atom. The highest BCUT2D eigenvalue weighted by Crippen LogP contribution is 2.31. The van der Waals surface area contributed by atoms with Gasteiger partial charge < -0.3 is 15.0 Å². The second-order valence-corrected chi connectivity index (χ2v) is 8.10. The van der Waals surface area contributed by atoms with Crippen LogP contribution in [0.15, 0.2) is 61.4 Å². The third-order valence-electron chi connectivity index (χ3n) is 5.70. The number of piperidine rings is 1. The fourth-order valence-electron chi connectivity index (χ4n) is 3.86. The lowest BCUT2D eigenvalue weighted by molar-refractivity contribution is 0.0150. The van der Waals surface area contributed by atoms with Crippen LogP contribution in [-0.4, -0.2) is 68.5 Å². The lowest BCUT2D eigenvalue weighted by atomic mass is 9.92. The van der Waals surface area contributed by atoms with E-state index in [1.807, 2.05) is 18.2 Å². The summed E-state index contributed by atoms with van der Waals surface area (Å²) in [5, 5.41) is 3.44. The molecular formula is C24H28N6O3. The number of hydrogen-bond acceptors (Lipinski definition) is 7. The van der Waals surface area contributed by atoms with Crippen molar-refractivity contribution in [3.8, 4) is 5.88 Å². The largest absolute Gasteiger partial charge is 0.470 e. The van der Waals surface area contributed by atoms with Crippen molar-refractivity contribution < 1.29 is 14.3 Å². The molecule has 2 aliphatic rings. The number of likely N-dealkylation sites (tertiary alicyclic amines) is 1. The molecule has 0 aliphatic carbocycles. The molecule has 172 valence electrons. The van der Waals surface area contributed by atoms with Crippen LogP contribution in [0, 0.1) is 0 Å². The minimum absolute atomic E-state index is 0.00198. The fraction of sp³-hybridized carbons (Fsp3) is 0.375. The van der Waals surface area contributed by atoms with Gasteiger partial charge in [0.25, 0.3) is 5.91 Å². The van der Waals surface area contributed by atoms with E-state index in [0.29, 0.717) is 30.6 Å². The van der Waals surface area contributed by atoms with E-state index < -0.39 is 0 Å². The van der Waals surface area contributed by atoms with Gasteiger partial charge in [0.1, 0.15) is 18.1 Å². The van der Waals surface area contributed by atoms with Crippen LogP contribution in [-0.2, 0) is 0 Å². The van der Waals surface area contributed by atoms with Crippen molar-refractivity contribution in [3.05, 3.63) is 72.7 Å². The summed E-state index contributed by atoms with van der Waals surface area (Å²) in [7, 11) is 0. The molecule has 1 N–H and O–H groups in total. The Morgan fingerprint density at radius 3 is 2.58 bits per heavy atom. The first-order valence-corrected chi connectivity index (χ1v) is 11.1. The smallest absolute Gasteiger partial charge is 0.272 e. The number of nitrogens with zero attached hydrogens (tertiary/aromatic N) is 5. The minimum Gasteiger partial charge on any atom is -0.470 e. The molecule has 3 aromatic rings. The van der Waals surface area contributed by atoms with Gasteiger partial charge >= 0.3 is 0 Å². The standard InChI is InChI=1S/C19H22N4O2.C5H6N2O/c24-19(17-7-1-2-9-21-17)23-12-15(13-23)25-18-16(6-4-10-22-18)14-5-3-8-20-11-14;1-5(8)7-3-2-6-4-7/h1-2,4,6-7,9-10,14-15,20H,3,5,8,11-13H2;2-4H,1H3. The molecule has 0 spiro atoms. The molecule has 9 heteroatoms. The summed E-state index contributed by atoms with van der Waals surface area (Å²) in [5.41, 5.74) is 1.65. The van der Waals surface area contributed by atoms with Crippen molar-refractivity contribution in [2.24, 2.45) is 0 Å². The number of aromatic nitrogens is 4. The number of carbonyl (C=O) groups is 2. The predicted octanol–water partition coefficient (Wildman–Crippen LogP) is 2.39. The van der Waals surface area contributed by atoms with Gasteiger partial charge in [0, 0.05) is 49.7 Å². The number of imidazole rings is 1. The van der Waals surface area contributed by atoms with Gasteiger partial charge in [0.05, 0.1) is 13.1 Å². The fourth-order valence-corrected chi connectivity index (χ4v) is 3.86. The van der Waals surface area contributed by atoms with Gasteiger partial charge in [0.15, 0.2) is 0 Å². The van der Waals surface area contributed by atoms with Gasteiger partial charge in [-0.2, -0.15) is 0 Å². The summed E-state index contributed by atoms with van der Waals surface area (Å²) in [6, 6.07) is 9.45. The molecule has 9 nitrogen and oxygen atoms in total. The summed E-state index contributed by atoms with van der Waals surface area (Å²) >= 11 is 0. The van der Waals surface area contributed by atoms with Gasteiger partial charge in [-0.15, -0.1) is 0 Å². The van der Waals surface area contributed by atoms with E-state index in [1.165, 1.54) is 29.8 Å². The van der Waals surface area contributed by atoms with Crippen LogP contribution >= 0.6 is 0 Å². The summed E-state index contributed by atoms with van der Waals surface area (Å²) in [4.78, 5) is 36.8. The van der Waals surface area contributed by atoms with Crippen LogP contribution in [0.2, 0.25) is 0 Å². The summed E-state index contributed by atoms with van der Waals surface area (Å²) in [5.74, 6) is 1.11. The summed E-state index contributed by atoms with van der Waals surface area (Å²) in [6.07, 6.45) is 10.4. The van der Waals surface area contributed by atoms with Crippen molar-refractivity contribution >= 4 is 11.8 Å². The number of hydrogen-bond donors (Lipinski definition) is 1. The molecule has 0 bridgehead atoms. The molecule has 5 heterocycles. The molecule has 0 aromatic carbocycles. The van der Waals surface area contributed by atoms with Crippen LogP contribution in [0.25, 0.3) is 0 Å². The van der Waals surface area contributed by atoms with Crippen molar-refractivity contribution in [1.82, 2.24) is 29.7 Å². The van der Waals surface area contributed by atoms with Crippen molar-refractivity contribution in [2.75, 3.05) is 26.2 Å². The van der Waals surface area contributed by atoms with Gasteiger partial charge in [-0.3, -0.25) is 19.1 Å². The van der Waals surface area contributed by atoms with E-state index in [2.05, 4.69) is 26.3 Å². The van der Waals surface area contributed by atoms with Crippen LogP contribution in [0.5, 0.6) is 5.88 Å². The molecule has 2 fully saturated rings. The van der Waals surface area contributed by atoms with Crippen molar-refractivity contribution in [3.63, 3.8) is 0 Å². The molecule has 3 aromatic heterocycles. The minimum atomic E-state index is -0.0434. The van der Waals surface area contributed by atoms with E-state index in [-0.39, 0.29) is 17.9 Å². The zero-order chi connectivity index (χ0) is 23.0. The van der Waals surface area contributed by atoms with Gasteiger partial charge in [0.2, 0.25) is 11.8 Å². The Morgan fingerprint density at radius 2 is 1.94 bits per heavy atom. The highest BCUT2D eigenvalue weighted by atomic mass is 16.5. The van der Waals surface area contributed by atoms with E-state index in [1.54, 1.807) is 35.8 Å². The third kappa shape index (κ3) is 5.81. The Balaban J connectivity index is 0.000000275. The zero-order valence-electron chi connectivity index (χ0n) is 18.6. The number of rotatable bonds is 4. The average molecular weight is 449 g/mol. The van der Waals surface area contributed by atoms with E-state index in [9.17, 15) is 9.59 Å². The van der Waals surface area contributed by atoms with Crippen LogP contribution in [0.3, 0.4) is 0 Å². The zero-order valence-corrected chi connectivity index (χ0v) is 18.6. The number of carbonyl (C=O) groups excluding carboxylic acids is 2. The van der Waals surface area contributed by atoms with Crippen LogP contribution < -0.4 is 10.1 Å². The first-order chi connectivity index (χ1) is 16.1. The molecule has 0 radical (unpaired) electrons. The number of nitrogens with one attached hydrogen (secondary N) is 1. The summed E-state index contributed by atoms with van der Waals surface area (Å²) in [6.45, 7) is 4.70. The molecule has 0 saturated carbocycles. The maximum atomic E-state index is 12.3. The van der Waals surface area contributed by atoms with Gasteiger partial charge in [-0.25, -0.2) is 9.97 Å². The maximum absolute atomic E-state index is 12.3. The van der Waals surface area contributed by atoms with Crippen molar-refractivity contribution in [1.29, 1.82) is 0 Å². The maximum Gasteiger partial charge on any atom is 0.272 e. The summed E-state index contributed by atoms with van der Waals surface area (Å²) < 4.78 is 7.51. The lowest BCUT2D eigenvalue weighted by Gasteiger charge is -2.39. The second kappa shape index (κ2) is 10.8. The van der Waals surface area contributed by atoms with E-state index in [0.717, 1.165) is 19.5 Å². The van der Waals surface area contributed by atoms with E-state index in [4.69, 9.17) is 4.74 Å². The average Bonchev–Trinajstić information content (AvgIpc) is 3.38. The van der Waals surface area contributed by atoms with Gasteiger partial charge in [-0.05, 0) is 37.6 Å². The molecule has 5 rings (SSSR count). The van der Waals surface area contributed by atoms with E-state index >= 15 is 0 Å². The molecule has 33 heavy (non-hydrogen) atoms. The third-order valence-corrected chi connectivity index (χ3v) is 5.70. The first kappa shape index (κ1) is 22.6. The highest BCUT2D eigenvalue weighted by molar-refractivity contribution is 5.92. The molecule has 2 aliphatic heterocycles.